The minimum Gasteiger partial charge on any atom is -0.375 e. The summed E-state index contributed by atoms with van der Waals surface area (Å²) in [5.74, 6) is 0.318. The number of hydrogen-bond acceptors (Lipinski definition) is 4. The molecule has 4 heteroatoms. The molecule has 0 aromatic heterocycles. The summed E-state index contributed by atoms with van der Waals surface area (Å²) in [5, 5.41) is 0. The van der Waals surface area contributed by atoms with Gasteiger partial charge in [-0.3, -0.25) is 0 Å². The van der Waals surface area contributed by atoms with Crippen molar-refractivity contribution >= 4 is 0 Å². The zero-order chi connectivity index (χ0) is 13.8. The Bertz CT molecular complexity index is 274. The van der Waals surface area contributed by atoms with Crippen molar-refractivity contribution < 1.29 is 14.2 Å². The Morgan fingerprint density at radius 1 is 1.00 bits per heavy atom. The van der Waals surface area contributed by atoms with Crippen LogP contribution in [0.1, 0.15) is 46.5 Å². The summed E-state index contributed by atoms with van der Waals surface area (Å²) in [6.45, 7) is 8.00. The highest BCUT2D eigenvalue weighted by atomic mass is 16.6. The molecule has 0 radical (unpaired) electrons. The van der Waals surface area contributed by atoms with E-state index in [2.05, 4.69) is 20.8 Å². The summed E-state index contributed by atoms with van der Waals surface area (Å²) in [4.78, 5) is 0. The zero-order valence-electron chi connectivity index (χ0n) is 12.5. The van der Waals surface area contributed by atoms with Gasteiger partial charge in [0.05, 0.1) is 18.3 Å². The van der Waals surface area contributed by atoms with E-state index in [-0.39, 0.29) is 30.5 Å². The van der Waals surface area contributed by atoms with E-state index in [0.29, 0.717) is 5.92 Å². The maximum atomic E-state index is 6.21. The van der Waals surface area contributed by atoms with E-state index >= 15 is 0 Å². The van der Waals surface area contributed by atoms with Crippen molar-refractivity contribution in [3.05, 3.63) is 0 Å². The summed E-state index contributed by atoms with van der Waals surface area (Å²) in [6.07, 6.45) is 4.98. The predicted molar refractivity (Wildman–Crippen MR) is 75.1 cm³/mol. The lowest BCUT2D eigenvalue weighted by molar-refractivity contribution is -0.221. The Balaban J connectivity index is 1.87. The molecule has 2 aliphatic rings. The van der Waals surface area contributed by atoms with Crippen LogP contribution in [0.25, 0.3) is 0 Å². The fourth-order valence-electron chi connectivity index (χ4n) is 3.05. The molecular formula is C15H29NO3. The van der Waals surface area contributed by atoms with Gasteiger partial charge in [0.15, 0.2) is 0 Å². The van der Waals surface area contributed by atoms with Crippen molar-refractivity contribution in [1.29, 1.82) is 0 Å². The molecule has 2 fully saturated rings. The van der Waals surface area contributed by atoms with Crippen molar-refractivity contribution in [2.75, 3.05) is 13.2 Å². The van der Waals surface area contributed by atoms with Gasteiger partial charge in [0.25, 0.3) is 0 Å². The highest BCUT2D eigenvalue weighted by molar-refractivity contribution is 5.11. The van der Waals surface area contributed by atoms with E-state index in [0.717, 1.165) is 38.9 Å². The van der Waals surface area contributed by atoms with Gasteiger partial charge in [-0.25, -0.2) is 0 Å². The summed E-state index contributed by atoms with van der Waals surface area (Å²) in [5.41, 5.74) is 6.21. The fraction of sp³-hybridized carbons (Fsp3) is 1.00. The van der Waals surface area contributed by atoms with Crippen LogP contribution in [-0.4, -0.2) is 43.7 Å². The fourth-order valence-corrected chi connectivity index (χ4v) is 3.05. The quantitative estimate of drug-likeness (QED) is 0.687. The Morgan fingerprint density at radius 3 is 2.16 bits per heavy atom. The molecular weight excluding hydrogens is 242 g/mol. The molecule has 2 rings (SSSR count). The van der Waals surface area contributed by atoms with Gasteiger partial charge >= 0.3 is 0 Å². The van der Waals surface area contributed by atoms with Gasteiger partial charge in [-0.2, -0.15) is 0 Å². The van der Waals surface area contributed by atoms with Gasteiger partial charge in [0.1, 0.15) is 6.10 Å². The van der Waals surface area contributed by atoms with E-state index in [9.17, 15) is 0 Å². The van der Waals surface area contributed by atoms with Crippen LogP contribution in [0.4, 0.5) is 0 Å². The van der Waals surface area contributed by atoms with Gasteiger partial charge in [0, 0.05) is 25.2 Å². The topological polar surface area (TPSA) is 53.7 Å². The average Bonchev–Trinajstić information content (AvgIpc) is 2.64. The van der Waals surface area contributed by atoms with Gasteiger partial charge in [0.2, 0.25) is 0 Å². The molecule has 112 valence electrons. The maximum absolute atomic E-state index is 6.21. The first-order valence-electron chi connectivity index (χ1n) is 7.85. The van der Waals surface area contributed by atoms with Gasteiger partial charge in [-0.1, -0.05) is 26.7 Å². The van der Waals surface area contributed by atoms with Crippen molar-refractivity contribution in [3.8, 4) is 0 Å². The third kappa shape index (κ3) is 3.13. The van der Waals surface area contributed by atoms with E-state index in [4.69, 9.17) is 19.9 Å². The molecule has 1 aliphatic heterocycles. The number of hydrogen-bond donors (Lipinski definition) is 1. The molecule has 1 heterocycles. The molecule has 0 spiro atoms. The van der Waals surface area contributed by atoms with Crippen LogP contribution in [0, 0.1) is 5.92 Å². The lowest BCUT2D eigenvalue weighted by atomic mass is 9.72. The number of fused-ring (bicyclic) bond motifs is 1. The second kappa shape index (κ2) is 7.02. The molecule has 19 heavy (non-hydrogen) atoms. The third-order valence-corrected chi connectivity index (χ3v) is 4.38. The summed E-state index contributed by atoms with van der Waals surface area (Å²) >= 11 is 0. The average molecular weight is 271 g/mol. The molecule has 6 atom stereocenters. The van der Waals surface area contributed by atoms with Gasteiger partial charge in [-0.05, 0) is 19.8 Å². The normalized spacial score (nSPS) is 41.1. The number of unbranched alkanes of at least 4 members (excludes halogenated alkanes) is 2. The van der Waals surface area contributed by atoms with Crippen LogP contribution in [0.15, 0.2) is 0 Å². The standard InChI is InChI=1S/C15H29NO3/c1-4-6-8-17-13-11-12(16)10(3)19-14(11)15(13)18-9-7-5-2/h10-15H,4-9,16H2,1-3H3. The van der Waals surface area contributed by atoms with Crippen LogP contribution in [-0.2, 0) is 14.2 Å². The minimum absolute atomic E-state index is 0.0858. The maximum Gasteiger partial charge on any atom is 0.111 e. The smallest absolute Gasteiger partial charge is 0.111 e. The molecule has 1 aliphatic carbocycles. The molecule has 2 N–H and O–H groups in total. The molecule has 0 amide bonds. The van der Waals surface area contributed by atoms with E-state index < -0.39 is 0 Å². The lowest BCUT2D eigenvalue weighted by Crippen LogP contribution is -2.64. The molecule has 1 saturated heterocycles. The molecule has 0 aromatic carbocycles. The van der Waals surface area contributed by atoms with Crippen LogP contribution in [0.3, 0.4) is 0 Å². The molecule has 6 unspecified atom stereocenters. The van der Waals surface area contributed by atoms with E-state index in [1.807, 2.05) is 0 Å². The number of ether oxygens (including phenoxy) is 3. The first-order valence-corrected chi connectivity index (χ1v) is 7.85. The second-order valence-electron chi connectivity index (χ2n) is 5.84. The Kier molecular flexibility index (Phi) is 5.63. The largest absolute Gasteiger partial charge is 0.375 e. The Morgan fingerprint density at radius 2 is 1.58 bits per heavy atom. The highest BCUT2D eigenvalue weighted by Gasteiger charge is 2.61. The van der Waals surface area contributed by atoms with Crippen LogP contribution >= 0.6 is 0 Å². The summed E-state index contributed by atoms with van der Waals surface area (Å²) in [7, 11) is 0. The van der Waals surface area contributed by atoms with E-state index in [1.165, 1.54) is 0 Å². The molecule has 0 aromatic rings. The molecule has 4 nitrogen and oxygen atoms in total. The van der Waals surface area contributed by atoms with Crippen molar-refractivity contribution in [2.24, 2.45) is 11.7 Å². The lowest BCUT2D eigenvalue weighted by Gasteiger charge is -2.47. The summed E-state index contributed by atoms with van der Waals surface area (Å²) < 4.78 is 17.9. The van der Waals surface area contributed by atoms with Crippen LogP contribution < -0.4 is 5.73 Å². The van der Waals surface area contributed by atoms with Crippen molar-refractivity contribution in [2.45, 2.75) is 76.9 Å². The second-order valence-corrected chi connectivity index (χ2v) is 5.84. The summed E-state index contributed by atoms with van der Waals surface area (Å²) in [6, 6.07) is 0.0858. The number of nitrogens with two attached hydrogens (primary N) is 1. The first kappa shape index (κ1) is 15.2. The van der Waals surface area contributed by atoms with E-state index in [1.54, 1.807) is 0 Å². The SMILES string of the molecule is CCCCOC1C(OCCCC)C2C(N)C(C)OC12. The number of rotatable bonds is 8. The van der Waals surface area contributed by atoms with Gasteiger partial charge in [-0.15, -0.1) is 0 Å². The first-order chi connectivity index (χ1) is 9.20. The third-order valence-electron chi connectivity index (χ3n) is 4.38. The van der Waals surface area contributed by atoms with Crippen molar-refractivity contribution in [1.82, 2.24) is 0 Å². The van der Waals surface area contributed by atoms with Gasteiger partial charge < -0.3 is 19.9 Å². The molecule has 1 saturated carbocycles. The predicted octanol–water partition coefficient (Wildman–Crippen LogP) is 2.10. The van der Waals surface area contributed by atoms with Crippen LogP contribution in [0.2, 0.25) is 0 Å². The zero-order valence-corrected chi connectivity index (χ0v) is 12.5. The highest BCUT2D eigenvalue weighted by Crippen LogP contribution is 2.44. The molecule has 0 bridgehead atoms. The Hall–Kier alpha value is -0.160. The van der Waals surface area contributed by atoms with Crippen molar-refractivity contribution in [3.63, 3.8) is 0 Å². The minimum atomic E-state index is 0.0858. The Labute approximate surface area is 117 Å². The monoisotopic (exact) mass is 271 g/mol. The van der Waals surface area contributed by atoms with Crippen LogP contribution in [0.5, 0.6) is 0 Å².